The predicted octanol–water partition coefficient (Wildman–Crippen LogP) is 3.24. The molecule has 1 aromatic carbocycles. The molecule has 0 aliphatic carbocycles. The maximum atomic E-state index is 5.43. The van der Waals surface area contributed by atoms with Gasteiger partial charge < -0.3 is 10.1 Å². The van der Waals surface area contributed by atoms with Crippen LogP contribution in [0.1, 0.15) is 11.3 Å². The molecule has 6 heteroatoms. The van der Waals surface area contributed by atoms with E-state index >= 15 is 0 Å². The first-order valence-electron chi connectivity index (χ1n) is 6.92. The Morgan fingerprint density at radius 3 is 2.64 bits per heavy atom. The summed E-state index contributed by atoms with van der Waals surface area (Å²) in [5.74, 6) is 2.14. The monoisotopic (exact) mass is 295 g/mol. The Morgan fingerprint density at radius 1 is 1.05 bits per heavy atom. The average molecular weight is 295 g/mol. The number of methoxy groups -OCH3 is 1. The smallest absolute Gasteiger partial charge is 0.153 e. The molecule has 0 unspecified atom stereocenters. The van der Waals surface area contributed by atoms with Gasteiger partial charge in [0.15, 0.2) is 5.82 Å². The topological polar surface area (TPSA) is 75.7 Å². The van der Waals surface area contributed by atoms with E-state index in [4.69, 9.17) is 4.74 Å². The largest absolute Gasteiger partial charge is 0.496 e. The minimum absolute atomic E-state index is 0.652. The predicted molar refractivity (Wildman–Crippen MR) is 85.4 cm³/mol. The molecular weight excluding hydrogens is 278 g/mol. The van der Waals surface area contributed by atoms with Gasteiger partial charge in [0.1, 0.15) is 11.6 Å². The van der Waals surface area contributed by atoms with E-state index in [1.807, 2.05) is 38.1 Å². The lowest BCUT2D eigenvalue weighted by Crippen LogP contribution is -1.95. The van der Waals surface area contributed by atoms with Crippen LogP contribution in [0.15, 0.2) is 36.7 Å². The SMILES string of the molecule is COc1cc(C)ccc1-c1cc(Nc2cnc(C)cn2)n[nH]1. The van der Waals surface area contributed by atoms with Crippen molar-refractivity contribution in [2.75, 3.05) is 12.4 Å². The van der Waals surface area contributed by atoms with E-state index in [9.17, 15) is 0 Å². The molecule has 0 radical (unpaired) electrons. The van der Waals surface area contributed by atoms with Gasteiger partial charge in [-0.3, -0.25) is 10.1 Å². The number of benzene rings is 1. The summed E-state index contributed by atoms with van der Waals surface area (Å²) in [6.45, 7) is 3.93. The Hall–Kier alpha value is -2.89. The Kier molecular flexibility index (Phi) is 3.74. The van der Waals surface area contributed by atoms with E-state index in [-0.39, 0.29) is 0 Å². The maximum Gasteiger partial charge on any atom is 0.153 e. The molecule has 0 atom stereocenters. The summed E-state index contributed by atoms with van der Waals surface area (Å²) < 4.78 is 5.43. The molecule has 6 nitrogen and oxygen atoms in total. The zero-order valence-electron chi connectivity index (χ0n) is 12.7. The van der Waals surface area contributed by atoms with Crippen molar-refractivity contribution in [3.05, 3.63) is 47.9 Å². The quantitative estimate of drug-likeness (QED) is 0.773. The van der Waals surface area contributed by atoms with Gasteiger partial charge in [0.25, 0.3) is 0 Å². The van der Waals surface area contributed by atoms with Gasteiger partial charge in [-0.05, 0) is 31.5 Å². The van der Waals surface area contributed by atoms with Gasteiger partial charge in [0, 0.05) is 11.6 Å². The third kappa shape index (κ3) is 2.90. The fraction of sp³-hybridized carbons (Fsp3) is 0.188. The van der Waals surface area contributed by atoms with Crippen LogP contribution in [-0.4, -0.2) is 27.3 Å². The number of hydrogen-bond acceptors (Lipinski definition) is 5. The van der Waals surface area contributed by atoms with Crippen molar-refractivity contribution in [3.63, 3.8) is 0 Å². The van der Waals surface area contributed by atoms with Crippen molar-refractivity contribution >= 4 is 11.6 Å². The van der Waals surface area contributed by atoms with Gasteiger partial charge in [0.2, 0.25) is 0 Å². The van der Waals surface area contributed by atoms with Crippen LogP contribution in [0.4, 0.5) is 11.6 Å². The summed E-state index contributed by atoms with van der Waals surface area (Å²) in [6, 6.07) is 7.96. The molecule has 0 bridgehead atoms. The van der Waals surface area contributed by atoms with Crippen molar-refractivity contribution < 1.29 is 4.74 Å². The molecule has 3 aromatic rings. The lowest BCUT2D eigenvalue weighted by Gasteiger charge is -2.07. The first-order valence-corrected chi connectivity index (χ1v) is 6.92. The van der Waals surface area contributed by atoms with Crippen molar-refractivity contribution in [2.45, 2.75) is 13.8 Å². The van der Waals surface area contributed by atoms with Crippen LogP contribution in [0, 0.1) is 13.8 Å². The highest BCUT2D eigenvalue weighted by Crippen LogP contribution is 2.30. The third-order valence-corrected chi connectivity index (χ3v) is 3.26. The van der Waals surface area contributed by atoms with E-state index in [1.54, 1.807) is 19.5 Å². The van der Waals surface area contributed by atoms with Crippen LogP contribution in [0.5, 0.6) is 5.75 Å². The van der Waals surface area contributed by atoms with Gasteiger partial charge in [-0.1, -0.05) is 6.07 Å². The zero-order valence-corrected chi connectivity index (χ0v) is 12.7. The van der Waals surface area contributed by atoms with Crippen LogP contribution in [0.2, 0.25) is 0 Å². The molecular formula is C16H17N5O. The van der Waals surface area contributed by atoms with Gasteiger partial charge in [-0.15, -0.1) is 0 Å². The lowest BCUT2D eigenvalue weighted by atomic mass is 10.1. The van der Waals surface area contributed by atoms with E-state index in [0.29, 0.717) is 11.6 Å². The number of nitrogens with one attached hydrogen (secondary N) is 2. The van der Waals surface area contributed by atoms with Crippen molar-refractivity contribution in [3.8, 4) is 17.0 Å². The number of aromatic amines is 1. The summed E-state index contributed by atoms with van der Waals surface area (Å²) in [7, 11) is 1.66. The number of H-pyrrole nitrogens is 1. The first-order chi connectivity index (χ1) is 10.7. The van der Waals surface area contributed by atoms with E-state index in [1.165, 1.54) is 0 Å². The van der Waals surface area contributed by atoms with Gasteiger partial charge in [-0.25, -0.2) is 4.98 Å². The molecule has 0 aliphatic rings. The number of aryl methyl sites for hydroxylation is 2. The number of aromatic nitrogens is 4. The highest BCUT2D eigenvalue weighted by molar-refractivity contribution is 5.70. The minimum Gasteiger partial charge on any atom is -0.496 e. The molecule has 0 spiro atoms. The minimum atomic E-state index is 0.652. The molecule has 0 aliphatic heterocycles. The van der Waals surface area contributed by atoms with Crippen molar-refractivity contribution in [1.82, 2.24) is 20.2 Å². The molecule has 0 fully saturated rings. The highest BCUT2D eigenvalue weighted by atomic mass is 16.5. The molecule has 22 heavy (non-hydrogen) atoms. The van der Waals surface area contributed by atoms with E-state index in [0.717, 1.165) is 28.3 Å². The Balaban J connectivity index is 1.86. The summed E-state index contributed by atoms with van der Waals surface area (Å²) in [5, 5.41) is 10.4. The summed E-state index contributed by atoms with van der Waals surface area (Å²) in [5.41, 5.74) is 3.86. The molecule has 0 saturated carbocycles. The van der Waals surface area contributed by atoms with E-state index in [2.05, 4.69) is 25.5 Å². The summed E-state index contributed by atoms with van der Waals surface area (Å²) in [4.78, 5) is 8.44. The normalized spacial score (nSPS) is 10.5. The average Bonchev–Trinajstić information content (AvgIpc) is 2.97. The zero-order chi connectivity index (χ0) is 15.5. The second-order valence-electron chi connectivity index (χ2n) is 5.04. The second-order valence-corrected chi connectivity index (χ2v) is 5.04. The Bertz CT molecular complexity index is 779. The van der Waals surface area contributed by atoms with Gasteiger partial charge in [-0.2, -0.15) is 5.10 Å². The number of nitrogens with zero attached hydrogens (tertiary/aromatic N) is 3. The molecule has 3 rings (SSSR count). The fourth-order valence-electron chi connectivity index (χ4n) is 2.13. The number of anilines is 2. The number of rotatable bonds is 4. The maximum absolute atomic E-state index is 5.43. The van der Waals surface area contributed by atoms with Crippen LogP contribution in [0.3, 0.4) is 0 Å². The van der Waals surface area contributed by atoms with Crippen LogP contribution in [-0.2, 0) is 0 Å². The summed E-state index contributed by atoms with van der Waals surface area (Å²) in [6.07, 6.45) is 3.38. The van der Waals surface area contributed by atoms with Crippen molar-refractivity contribution in [1.29, 1.82) is 0 Å². The first kappa shape index (κ1) is 14.1. The highest BCUT2D eigenvalue weighted by Gasteiger charge is 2.10. The third-order valence-electron chi connectivity index (χ3n) is 3.26. The Morgan fingerprint density at radius 2 is 1.91 bits per heavy atom. The van der Waals surface area contributed by atoms with Crippen LogP contribution in [0.25, 0.3) is 11.3 Å². The molecule has 2 N–H and O–H groups in total. The molecule has 2 aromatic heterocycles. The standard InChI is InChI=1S/C16H17N5O/c1-10-4-5-12(14(6-10)22-3)13-7-15(21-20-13)19-16-9-17-11(2)8-18-16/h4-9H,1-3H3,(H2,18,19,20,21). The molecule has 0 saturated heterocycles. The van der Waals surface area contributed by atoms with Crippen molar-refractivity contribution in [2.24, 2.45) is 0 Å². The lowest BCUT2D eigenvalue weighted by molar-refractivity contribution is 0.416. The van der Waals surface area contributed by atoms with Gasteiger partial charge in [0.05, 0.1) is 30.9 Å². The molecule has 112 valence electrons. The van der Waals surface area contributed by atoms with Crippen LogP contribution < -0.4 is 10.1 Å². The molecule has 2 heterocycles. The fourth-order valence-corrected chi connectivity index (χ4v) is 2.13. The van der Waals surface area contributed by atoms with Crippen LogP contribution >= 0.6 is 0 Å². The van der Waals surface area contributed by atoms with E-state index < -0.39 is 0 Å². The Labute approximate surface area is 128 Å². The summed E-state index contributed by atoms with van der Waals surface area (Å²) >= 11 is 0. The van der Waals surface area contributed by atoms with Gasteiger partial charge >= 0.3 is 0 Å². The molecule has 0 amide bonds. The second kappa shape index (κ2) is 5.85. The number of ether oxygens (including phenoxy) is 1. The number of hydrogen-bond donors (Lipinski definition) is 2.